The smallest absolute Gasteiger partial charge is 0.434 e. The highest BCUT2D eigenvalue weighted by Crippen LogP contribution is 2.43. The van der Waals surface area contributed by atoms with Gasteiger partial charge in [-0.25, -0.2) is 4.79 Å². The van der Waals surface area contributed by atoms with Crippen molar-refractivity contribution < 1.29 is 58.9 Å². The Balaban J connectivity index is 1.38. The van der Waals surface area contributed by atoms with Crippen LogP contribution >= 0.6 is 0 Å². The van der Waals surface area contributed by atoms with Crippen LogP contribution in [0.5, 0.6) is 0 Å². The number of carbonyl (C=O) groups excluding carboxylic acids is 1. The van der Waals surface area contributed by atoms with Crippen molar-refractivity contribution in [2.24, 2.45) is 10.8 Å². The van der Waals surface area contributed by atoms with Crippen LogP contribution in [0.25, 0.3) is 0 Å². The van der Waals surface area contributed by atoms with Crippen molar-refractivity contribution in [3.05, 3.63) is 29.3 Å². The quantitative estimate of drug-likeness (QED) is 0.413. The normalized spacial score (nSPS) is 23.7. The Kier molecular flexibility index (Phi) is 8.37. The van der Waals surface area contributed by atoms with Gasteiger partial charge < -0.3 is 19.6 Å². The average Bonchev–Trinajstić information content (AvgIpc) is 2.84. The van der Waals surface area contributed by atoms with E-state index in [1.807, 2.05) is 4.90 Å². The van der Waals surface area contributed by atoms with E-state index in [1.165, 1.54) is 0 Å². The highest BCUT2D eigenvalue weighted by atomic mass is 19.4. The molecule has 1 N–H and O–H groups in total. The van der Waals surface area contributed by atoms with Crippen molar-refractivity contribution >= 4 is 17.7 Å². The first kappa shape index (κ1) is 32.0. The maximum absolute atomic E-state index is 13.7. The van der Waals surface area contributed by atoms with Gasteiger partial charge >= 0.3 is 30.6 Å². The Morgan fingerprint density at radius 2 is 1.50 bits per heavy atom. The minimum Gasteiger partial charge on any atom is -0.481 e. The van der Waals surface area contributed by atoms with E-state index >= 15 is 0 Å². The minimum absolute atomic E-state index is 0.0571. The molecule has 3 saturated heterocycles. The number of carboxylic acid groups (broad SMARTS) is 1. The van der Waals surface area contributed by atoms with Gasteiger partial charge in [-0.15, -0.1) is 0 Å². The summed E-state index contributed by atoms with van der Waals surface area (Å²) in [5.74, 6) is -1.02. The first-order valence-corrected chi connectivity index (χ1v) is 13.2. The summed E-state index contributed by atoms with van der Waals surface area (Å²) in [6.07, 6.45) is -20.7. The molecule has 1 atom stereocenters. The molecule has 7 nitrogen and oxygen atoms in total. The predicted molar refractivity (Wildman–Crippen MR) is 130 cm³/mol. The highest BCUT2D eigenvalue weighted by Gasteiger charge is 2.60. The van der Waals surface area contributed by atoms with E-state index in [4.69, 9.17) is 0 Å². The maximum atomic E-state index is 13.7. The Morgan fingerprint density at radius 3 is 2.02 bits per heavy atom. The minimum atomic E-state index is -5.81. The SMILES string of the molecule is CC1(C(=O)O)CCCN(c2cc(CN3CC4(CCN(C(=O)OC(C(F)(F)F)C(F)(F)F)CC4)C3)cc(C(F)(F)F)c2)C1. The first-order chi connectivity index (χ1) is 19.2. The molecule has 4 rings (SSSR count). The van der Waals surface area contributed by atoms with Crippen molar-refractivity contribution in [1.29, 1.82) is 0 Å². The molecule has 0 bridgehead atoms. The summed E-state index contributed by atoms with van der Waals surface area (Å²) < 4.78 is 121. The van der Waals surface area contributed by atoms with E-state index in [0.29, 0.717) is 38.0 Å². The molecule has 3 fully saturated rings. The number of halogens is 9. The van der Waals surface area contributed by atoms with Crippen LogP contribution in [0.4, 0.5) is 50.0 Å². The van der Waals surface area contributed by atoms with E-state index in [2.05, 4.69) is 4.74 Å². The van der Waals surface area contributed by atoms with E-state index in [9.17, 15) is 54.2 Å². The lowest BCUT2D eigenvalue weighted by atomic mass is 9.72. The molecule has 1 aromatic carbocycles. The summed E-state index contributed by atoms with van der Waals surface area (Å²) >= 11 is 0. The first-order valence-electron chi connectivity index (χ1n) is 13.2. The number of benzene rings is 1. The molecule has 16 heteroatoms. The molecule has 1 spiro atoms. The summed E-state index contributed by atoms with van der Waals surface area (Å²) in [5.41, 5.74) is -1.72. The van der Waals surface area contributed by atoms with Crippen molar-refractivity contribution in [3.63, 3.8) is 0 Å². The number of aliphatic carboxylic acids is 1. The molecule has 3 aliphatic heterocycles. The van der Waals surface area contributed by atoms with Crippen LogP contribution < -0.4 is 4.90 Å². The van der Waals surface area contributed by atoms with Gasteiger partial charge in [0.15, 0.2) is 0 Å². The van der Waals surface area contributed by atoms with Crippen molar-refractivity contribution in [1.82, 2.24) is 9.80 Å². The molecular weight excluding hydrogens is 589 g/mol. The molecule has 3 heterocycles. The van der Waals surface area contributed by atoms with E-state index < -0.39 is 47.7 Å². The third kappa shape index (κ3) is 7.00. The third-order valence-corrected chi connectivity index (χ3v) is 8.30. The zero-order valence-corrected chi connectivity index (χ0v) is 22.5. The summed E-state index contributed by atoms with van der Waals surface area (Å²) in [4.78, 5) is 28.1. The Hall–Kier alpha value is -2.91. The van der Waals surface area contributed by atoms with Crippen LogP contribution in [0.1, 0.15) is 43.7 Å². The van der Waals surface area contributed by atoms with Crippen LogP contribution in [0.15, 0.2) is 18.2 Å². The summed E-state index contributed by atoms with van der Waals surface area (Å²) in [7, 11) is 0. The van der Waals surface area contributed by atoms with Crippen LogP contribution in [-0.4, -0.2) is 84.7 Å². The molecule has 0 radical (unpaired) electrons. The number of hydrogen-bond acceptors (Lipinski definition) is 5. The van der Waals surface area contributed by atoms with Gasteiger partial charge in [-0.3, -0.25) is 9.69 Å². The predicted octanol–water partition coefficient (Wildman–Crippen LogP) is 5.92. The lowest BCUT2D eigenvalue weighted by molar-refractivity contribution is -0.308. The monoisotopic (exact) mass is 619 g/mol. The van der Waals surface area contributed by atoms with E-state index in [-0.39, 0.29) is 50.1 Å². The van der Waals surface area contributed by atoms with Gasteiger partial charge in [0, 0.05) is 51.5 Å². The number of hydrogen-bond donors (Lipinski definition) is 1. The molecule has 3 aliphatic rings. The lowest BCUT2D eigenvalue weighted by Gasteiger charge is -2.54. The Labute approximate surface area is 235 Å². The number of rotatable bonds is 5. The van der Waals surface area contributed by atoms with Gasteiger partial charge in [-0.1, -0.05) is 0 Å². The van der Waals surface area contributed by atoms with Gasteiger partial charge in [-0.2, -0.15) is 39.5 Å². The Bertz CT molecular complexity index is 1160. The third-order valence-electron chi connectivity index (χ3n) is 8.30. The van der Waals surface area contributed by atoms with Crippen LogP contribution in [0.3, 0.4) is 0 Å². The highest BCUT2D eigenvalue weighted by molar-refractivity contribution is 5.75. The Morgan fingerprint density at radius 1 is 0.905 bits per heavy atom. The maximum Gasteiger partial charge on any atom is 0.434 e. The van der Waals surface area contributed by atoms with Crippen LogP contribution in [0, 0.1) is 10.8 Å². The lowest BCUT2D eigenvalue weighted by Crippen LogP contribution is -2.60. The topological polar surface area (TPSA) is 73.3 Å². The molecule has 1 aromatic rings. The van der Waals surface area contributed by atoms with Crippen molar-refractivity contribution in [2.75, 3.05) is 44.2 Å². The zero-order chi connectivity index (χ0) is 31.3. The van der Waals surface area contributed by atoms with Crippen LogP contribution in [-0.2, 0) is 22.3 Å². The number of alkyl halides is 9. The molecule has 0 saturated carbocycles. The number of nitrogens with zero attached hydrogens (tertiary/aromatic N) is 3. The standard InChI is InChI=1S/C26H30F9N3O4/c1-22(20(39)40)3-2-6-38(13-22)18-10-16(9-17(11-18)24(27,28)29)12-36-14-23(15-36)4-7-37(8-5-23)21(41)42-19(25(30,31)32)26(33,34)35/h9-11,19H,2-8,12-15H2,1H3,(H,39,40). The number of carbonyl (C=O) groups is 2. The summed E-state index contributed by atoms with van der Waals surface area (Å²) in [6.45, 7) is 2.74. The number of likely N-dealkylation sites (tertiary alicyclic amines) is 2. The zero-order valence-electron chi connectivity index (χ0n) is 22.5. The van der Waals surface area contributed by atoms with Gasteiger partial charge in [-0.05, 0) is 61.8 Å². The number of anilines is 1. The van der Waals surface area contributed by atoms with Gasteiger partial charge in [0.2, 0.25) is 0 Å². The molecule has 1 unspecified atom stereocenters. The fourth-order valence-electron chi connectivity index (χ4n) is 5.99. The number of piperidine rings is 2. The molecule has 0 aromatic heterocycles. The van der Waals surface area contributed by atoms with E-state index in [1.54, 1.807) is 17.9 Å². The molecule has 236 valence electrons. The molecular formula is C26H30F9N3O4. The summed E-state index contributed by atoms with van der Waals surface area (Å²) in [5, 5.41) is 9.60. The van der Waals surface area contributed by atoms with Gasteiger partial charge in [0.25, 0.3) is 6.10 Å². The number of amides is 1. The molecule has 42 heavy (non-hydrogen) atoms. The van der Waals surface area contributed by atoms with Crippen LogP contribution in [0.2, 0.25) is 0 Å². The second kappa shape index (κ2) is 11.0. The number of ether oxygens (including phenoxy) is 1. The molecule has 0 aliphatic carbocycles. The summed E-state index contributed by atoms with van der Waals surface area (Å²) in [6, 6.07) is 3.64. The van der Waals surface area contributed by atoms with Crippen molar-refractivity contribution in [2.45, 2.75) is 63.8 Å². The van der Waals surface area contributed by atoms with Gasteiger partial charge in [0.1, 0.15) is 0 Å². The molecule has 1 amide bonds. The van der Waals surface area contributed by atoms with Crippen molar-refractivity contribution in [3.8, 4) is 0 Å². The second-order valence-corrected chi connectivity index (χ2v) is 11.8. The average molecular weight is 620 g/mol. The number of carboxylic acids is 1. The fraction of sp³-hybridized carbons (Fsp3) is 0.692. The fourth-order valence-corrected chi connectivity index (χ4v) is 5.99. The second-order valence-electron chi connectivity index (χ2n) is 11.8. The largest absolute Gasteiger partial charge is 0.481 e. The van der Waals surface area contributed by atoms with E-state index in [0.717, 1.165) is 17.0 Å². The van der Waals surface area contributed by atoms with Gasteiger partial charge in [0.05, 0.1) is 11.0 Å².